The lowest BCUT2D eigenvalue weighted by atomic mass is 10.1. The Bertz CT molecular complexity index is 3620. The molecule has 3 aliphatic heterocycles. The third kappa shape index (κ3) is 16.1. The van der Waals surface area contributed by atoms with E-state index in [0.717, 1.165) is 41.0 Å². The lowest BCUT2D eigenvalue weighted by Crippen LogP contribution is -2.68. The van der Waals surface area contributed by atoms with Crippen molar-refractivity contribution >= 4 is 81.1 Å². The summed E-state index contributed by atoms with van der Waals surface area (Å²) in [5.41, 5.74) is 1.92. The Kier molecular flexibility index (Phi) is 24.0. The molecule has 1 fully saturated rings. The molecule has 1 saturated heterocycles. The molecule has 2 bridgehead atoms. The van der Waals surface area contributed by atoms with Crippen molar-refractivity contribution in [2.45, 2.75) is 109 Å². The largest absolute Gasteiger partial charge is 0.483 e. The van der Waals surface area contributed by atoms with Gasteiger partial charge in [0.25, 0.3) is 28.4 Å². The van der Waals surface area contributed by atoms with Gasteiger partial charge in [0.15, 0.2) is 22.9 Å². The third-order valence-electron chi connectivity index (χ3n) is 16.4. The number of halogens is 3. The Labute approximate surface area is 550 Å². The summed E-state index contributed by atoms with van der Waals surface area (Å²) in [7, 11) is -6.18. The summed E-state index contributed by atoms with van der Waals surface area (Å²) < 4.78 is 45.3. The van der Waals surface area contributed by atoms with Crippen LogP contribution in [0.2, 0.25) is 10.1 Å². The number of hydrogen-bond donors (Lipinski definition) is 1. The van der Waals surface area contributed by atoms with Crippen LogP contribution < -0.4 is 51.4 Å². The van der Waals surface area contributed by atoms with Crippen LogP contribution in [0.5, 0.6) is 11.5 Å². The highest BCUT2D eigenvalue weighted by Gasteiger charge is 2.53. The highest BCUT2D eigenvalue weighted by Crippen LogP contribution is 2.40. The first-order valence-corrected chi connectivity index (χ1v) is 36.7. The fraction of sp³-hybridized carbons (Fsp3) is 0.333. The van der Waals surface area contributed by atoms with Gasteiger partial charge < -0.3 is 33.1 Å². The second kappa shape index (κ2) is 32.2. The van der Waals surface area contributed by atoms with Crippen molar-refractivity contribution in [2.75, 3.05) is 49.1 Å². The summed E-state index contributed by atoms with van der Waals surface area (Å²) in [6.45, 7) is 17.2. The number of nitrogens with one attached hydrogen (secondary N) is 1. The summed E-state index contributed by atoms with van der Waals surface area (Å²) in [5, 5.41) is 11.9. The molecule has 1 unspecified atom stereocenters. The van der Waals surface area contributed by atoms with Gasteiger partial charge in [0.2, 0.25) is 10.9 Å². The molecule has 2 aromatic heterocycles. The number of carbonyl (C=O) groups excluding carboxylic acids is 2. The van der Waals surface area contributed by atoms with Crippen molar-refractivity contribution in [2.24, 2.45) is 0 Å². The van der Waals surface area contributed by atoms with Crippen LogP contribution in [0, 0.1) is 0 Å². The maximum Gasteiger partial charge on any atom is 0.277 e. The van der Waals surface area contributed by atoms with Gasteiger partial charge in [-0.2, -0.15) is 0 Å². The Hall–Kier alpha value is -7.20. The summed E-state index contributed by atoms with van der Waals surface area (Å²) in [4.78, 5) is 52.5. The number of hydrogen-bond acceptors (Lipinski definition) is 9. The molecule has 8 aromatic rings. The maximum atomic E-state index is 13.9. The van der Waals surface area contributed by atoms with E-state index in [9.17, 15) is 23.6 Å². The van der Waals surface area contributed by atoms with Crippen LogP contribution in [0.25, 0.3) is 0 Å². The van der Waals surface area contributed by atoms with Crippen LogP contribution in [-0.4, -0.2) is 98.9 Å². The van der Waals surface area contributed by atoms with E-state index in [1.54, 1.807) is 17.0 Å². The van der Waals surface area contributed by atoms with Gasteiger partial charge in [0, 0.05) is 73.6 Å². The molecule has 0 saturated carbocycles. The highest BCUT2D eigenvalue weighted by molar-refractivity contribution is 9.09. The fourth-order valence-corrected chi connectivity index (χ4v) is 22.6. The number of carbonyl (C=O) groups is 2. The minimum atomic E-state index is -2.75. The maximum absolute atomic E-state index is 13.9. The van der Waals surface area contributed by atoms with Crippen molar-refractivity contribution in [1.29, 1.82) is 0 Å². The lowest BCUT2D eigenvalue weighted by Gasteiger charge is -2.47. The SMILES string of the molecule is CC(C)(C)[Si](OC(CCBr)CCBr)(c1ccccc1)c1ccccc1.CC(C)(C)[Si](OC1CCN2CN(CC1)n1ccc(=O)c(OCc3ccccc3)c1C2=O)(c1ccccc1)c1ccccc1.O=C1NCCn2ccc(=O)c(OCc3ccccc3)c21.[2H]CF. The predicted molar refractivity (Wildman–Crippen MR) is 372 cm³/mol. The molecule has 2 amide bonds. The first kappa shape index (κ1) is 67.2. The minimum absolute atomic E-state index is 0.0343. The molecule has 1 N–H and O–H groups in total. The van der Waals surface area contributed by atoms with E-state index in [1.807, 2.05) is 70.2 Å². The molecule has 0 aliphatic carbocycles. The average Bonchev–Trinajstić information content (AvgIpc) is 0.862. The lowest BCUT2D eigenvalue weighted by molar-refractivity contribution is 0.0603. The van der Waals surface area contributed by atoms with Gasteiger partial charge in [-0.15, -0.1) is 0 Å². The van der Waals surface area contributed by atoms with E-state index in [2.05, 4.69) is 205 Å². The molecule has 1 atom stereocenters. The smallest absolute Gasteiger partial charge is 0.277 e. The second-order valence-electron chi connectivity index (χ2n) is 24.3. The van der Waals surface area contributed by atoms with Crippen molar-refractivity contribution in [3.8, 4) is 11.5 Å². The zero-order valence-corrected chi connectivity index (χ0v) is 57.5. The first-order valence-electron chi connectivity index (χ1n) is 31.3. The van der Waals surface area contributed by atoms with Crippen LogP contribution in [0.1, 0.15) is 101 Å². The summed E-state index contributed by atoms with van der Waals surface area (Å²) in [5.74, 6) is -0.236. The molecule has 3 aliphatic rings. The number of alkyl halides is 3. The van der Waals surface area contributed by atoms with Gasteiger partial charge in [-0.05, 0) is 67.6 Å². The van der Waals surface area contributed by atoms with Gasteiger partial charge in [0.05, 0.1) is 8.52 Å². The molecular weight excluding hydrogens is 1300 g/mol. The van der Waals surface area contributed by atoms with Crippen LogP contribution in [0.4, 0.5) is 4.39 Å². The number of nitrogens with zero attached hydrogens (tertiary/aromatic N) is 4. The van der Waals surface area contributed by atoms with Gasteiger partial charge in [-0.25, -0.2) is 0 Å². The van der Waals surface area contributed by atoms with Gasteiger partial charge in [0.1, 0.15) is 19.9 Å². The van der Waals surface area contributed by atoms with Crippen LogP contribution in [-0.2, 0) is 28.6 Å². The Balaban J connectivity index is 0.000000188. The number of ether oxygens (including phenoxy) is 2. The first-order chi connectivity index (χ1) is 43.9. The van der Waals surface area contributed by atoms with E-state index >= 15 is 0 Å². The zero-order valence-electron chi connectivity index (χ0n) is 53.4. The van der Waals surface area contributed by atoms with E-state index in [1.165, 1.54) is 32.9 Å². The van der Waals surface area contributed by atoms with E-state index in [-0.39, 0.29) is 69.7 Å². The standard InChI is InChI=1S/C35H39N3O4Si.C21H28Br2OSi.C15H14N2O3.CH3F/c1-35(2,3)43(29-15-9-5-10-16-29,30-17-11-6-12-18-30)42-28-19-22-36-26-37(23-20-28)38-24-21-31(39)33(32(38)34(36)40)41-25-27-13-7-4-8-14-27;1-21(2,3)25(19-10-6-4-7-11-19,20-12-8-5-9-13-20)24-18(14-16-22)15-17-23;18-12-6-8-17-9-7-16-15(19)13(17)14(12)20-10-11-4-2-1-3-5-11;1-2/h4-18,21,24,28H,19-20,22-23,25-26H2,1-3H3;4-13,18H,14-17H2,1-3H3;1-6,8H,7,9-10H2,(H,16,19);1H3/i;;;1D. The molecule has 0 radical (unpaired) electrons. The zero-order chi connectivity index (χ0) is 65.0. The van der Waals surface area contributed by atoms with Crippen LogP contribution in [0.3, 0.4) is 0 Å². The molecule has 11 rings (SSSR count). The van der Waals surface area contributed by atoms with Crippen molar-refractivity contribution < 1.29 is 33.7 Å². The van der Waals surface area contributed by atoms with E-state index in [4.69, 9.17) is 19.7 Å². The highest BCUT2D eigenvalue weighted by atomic mass is 79.9. The quantitative estimate of drug-likeness (QED) is 0.0658. The summed E-state index contributed by atoms with van der Waals surface area (Å²) in [6, 6.07) is 65.2. The summed E-state index contributed by atoms with van der Waals surface area (Å²) in [6.07, 6.45) is 7.06. The fourth-order valence-electron chi connectivity index (χ4n) is 12.1. The van der Waals surface area contributed by atoms with Gasteiger partial charge in [-0.3, -0.25) is 33.3 Å². The van der Waals surface area contributed by atoms with Crippen molar-refractivity contribution in [3.05, 3.63) is 249 Å². The Morgan fingerprint density at radius 3 is 1.42 bits per heavy atom. The van der Waals surface area contributed by atoms with Crippen LogP contribution >= 0.6 is 31.9 Å². The number of rotatable bonds is 18. The second-order valence-corrected chi connectivity index (χ2v) is 34.4. The van der Waals surface area contributed by atoms with Crippen LogP contribution in [0.15, 0.2) is 216 Å². The van der Waals surface area contributed by atoms with Gasteiger partial charge >= 0.3 is 0 Å². The minimum Gasteiger partial charge on any atom is -0.483 e. The van der Waals surface area contributed by atoms with Crippen molar-refractivity contribution in [3.63, 3.8) is 0 Å². The number of fused-ring (bicyclic) bond motifs is 5. The number of aromatic nitrogens is 2. The molecular formula is C72H84Br2FN5O8Si2. The normalized spacial score (nSPS) is 14.9. The average molecular weight is 1380 g/mol. The monoisotopic (exact) mass is 1380 g/mol. The molecule has 5 heterocycles. The number of pyridine rings is 2. The molecule has 6 aromatic carbocycles. The molecule has 474 valence electrons. The Morgan fingerprint density at radius 2 is 0.978 bits per heavy atom. The number of amides is 2. The molecule has 0 spiro atoms. The topological polar surface area (TPSA) is 134 Å². The molecule has 18 heteroatoms. The summed E-state index contributed by atoms with van der Waals surface area (Å²) >= 11 is 7.22. The molecule has 90 heavy (non-hydrogen) atoms. The number of benzene rings is 6. The van der Waals surface area contributed by atoms with Gasteiger partial charge in [-0.1, -0.05) is 255 Å². The van der Waals surface area contributed by atoms with E-state index in [0.29, 0.717) is 50.7 Å². The van der Waals surface area contributed by atoms with E-state index < -0.39 is 23.8 Å². The molecule has 13 nitrogen and oxygen atoms in total. The Morgan fingerprint density at radius 1 is 0.567 bits per heavy atom. The van der Waals surface area contributed by atoms with Crippen molar-refractivity contribution in [1.82, 2.24) is 19.5 Å². The predicted octanol–water partition coefficient (Wildman–Crippen LogP) is 11.8. The third-order valence-corrected chi connectivity index (χ3v) is 27.5.